The molecule has 0 unspecified atom stereocenters. The number of thioether (sulfide) groups is 1. The molecule has 1 amide bonds. The van der Waals surface area contributed by atoms with Gasteiger partial charge in [-0.2, -0.15) is 0 Å². The van der Waals surface area contributed by atoms with Crippen molar-refractivity contribution in [3.05, 3.63) is 42.5 Å². The molecule has 31 heavy (non-hydrogen) atoms. The number of carbonyl (C=O) groups excluding carboxylic acids is 1. The molecular weight excluding hydrogens is 434 g/mol. The number of sulfonamides is 1. The van der Waals surface area contributed by atoms with Crippen LogP contribution in [0, 0.1) is 0 Å². The number of carbonyl (C=O) groups is 1. The second kappa shape index (κ2) is 9.10. The molecule has 166 valence electrons. The fourth-order valence-corrected chi connectivity index (χ4v) is 5.94. The van der Waals surface area contributed by atoms with Gasteiger partial charge in [-0.05, 0) is 49.6 Å². The van der Waals surface area contributed by atoms with Crippen molar-refractivity contribution in [3.8, 4) is 5.75 Å². The minimum absolute atomic E-state index is 0.0217. The van der Waals surface area contributed by atoms with Crippen molar-refractivity contribution in [3.63, 3.8) is 0 Å². The summed E-state index contributed by atoms with van der Waals surface area (Å²) in [5.41, 5.74) is 1.39. The molecule has 2 aromatic carbocycles. The van der Waals surface area contributed by atoms with Crippen molar-refractivity contribution in [2.24, 2.45) is 0 Å². The average molecular weight is 462 g/mol. The van der Waals surface area contributed by atoms with Crippen LogP contribution in [-0.2, 0) is 14.8 Å². The average Bonchev–Trinajstić information content (AvgIpc) is 3.57. The van der Waals surface area contributed by atoms with E-state index in [0.717, 1.165) is 29.8 Å². The molecule has 7 nitrogen and oxygen atoms in total. The van der Waals surface area contributed by atoms with E-state index in [1.54, 1.807) is 22.7 Å². The molecule has 4 rings (SSSR count). The molecule has 2 N–H and O–H groups in total. The van der Waals surface area contributed by atoms with Gasteiger partial charge in [-0.25, -0.2) is 13.1 Å². The summed E-state index contributed by atoms with van der Waals surface area (Å²) in [4.78, 5) is 16.2. The first-order valence-electron chi connectivity index (χ1n) is 10.4. The lowest BCUT2D eigenvalue weighted by molar-refractivity contribution is -0.117. The van der Waals surface area contributed by atoms with Crippen LogP contribution in [0.1, 0.15) is 26.2 Å². The van der Waals surface area contributed by atoms with E-state index < -0.39 is 10.0 Å². The predicted molar refractivity (Wildman–Crippen MR) is 124 cm³/mol. The molecule has 1 aliphatic heterocycles. The zero-order valence-electron chi connectivity index (χ0n) is 17.6. The van der Waals surface area contributed by atoms with Crippen LogP contribution >= 0.6 is 11.8 Å². The second-order valence-electron chi connectivity index (χ2n) is 7.84. The number of nitrogens with zero attached hydrogens (tertiary/aromatic N) is 1. The lowest BCUT2D eigenvalue weighted by atomic mass is 10.2. The molecule has 0 bridgehead atoms. The highest BCUT2D eigenvalue weighted by atomic mass is 32.2. The van der Waals surface area contributed by atoms with E-state index in [9.17, 15) is 13.2 Å². The van der Waals surface area contributed by atoms with Gasteiger partial charge in [0, 0.05) is 22.7 Å². The van der Waals surface area contributed by atoms with E-state index in [2.05, 4.69) is 17.0 Å². The first-order chi connectivity index (χ1) is 14.9. The number of fused-ring (bicyclic) bond motifs is 1. The minimum atomic E-state index is -3.60. The molecular formula is C22H27N3O4S2. The lowest BCUT2D eigenvalue weighted by Gasteiger charge is -2.23. The standard InChI is InChI=1S/C22H27N3O4S2/c1-15-11-12-25(19-5-3-4-6-21(19)30-15)22(26)14-23-18-13-17(9-10-20(18)29-2)31(27,28)24-16-7-8-16/h3-6,9-10,13,15-16,23-24H,7-8,11-12,14H2,1-2H3/t15-/m0/s1. The maximum Gasteiger partial charge on any atom is 0.246 e. The van der Waals surface area contributed by atoms with E-state index >= 15 is 0 Å². The smallest absolute Gasteiger partial charge is 0.246 e. The number of benzene rings is 2. The fourth-order valence-electron chi connectivity index (χ4n) is 3.49. The van der Waals surface area contributed by atoms with Crippen molar-refractivity contribution in [1.82, 2.24) is 4.72 Å². The maximum atomic E-state index is 13.1. The first-order valence-corrected chi connectivity index (χ1v) is 12.7. The number of para-hydroxylation sites is 1. The quantitative estimate of drug-likeness (QED) is 0.657. The summed E-state index contributed by atoms with van der Waals surface area (Å²) in [6.45, 7) is 2.84. The molecule has 1 fully saturated rings. The van der Waals surface area contributed by atoms with Gasteiger partial charge in [0.25, 0.3) is 0 Å². The molecule has 0 saturated heterocycles. The molecule has 1 heterocycles. The Morgan fingerprint density at radius 2 is 1.97 bits per heavy atom. The monoisotopic (exact) mass is 461 g/mol. The predicted octanol–water partition coefficient (Wildman–Crippen LogP) is 3.47. The molecule has 0 radical (unpaired) electrons. The number of hydrogen-bond acceptors (Lipinski definition) is 6. The van der Waals surface area contributed by atoms with Gasteiger partial charge >= 0.3 is 0 Å². The van der Waals surface area contributed by atoms with Gasteiger partial charge in [0.2, 0.25) is 15.9 Å². The summed E-state index contributed by atoms with van der Waals surface area (Å²) in [6, 6.07) is 12.6. The largest absolute Gasteiger partial charge is 0.495 e. The van der Waals surface area contributed by atoms with Crippen molar-refractivity contribution in [2.75, 3.05) is 30.4 Å². The highest BCUT2D eigenvalue weighted by Gasteiger charge is 2.29. The zero-order valence-corrected chi connectivity index (χ0v) is 19.3. The Labute approximate surface area is 187 Å². The van der Waals surface area contributed by atoms with E-state index in [4.69, 9.17) is 4.74 Å². The number of amides is 1. The summed E-state index contributed by atoms with van der Waals surface area (Å²) in [5, 5.41) is 3.51. The number of ether oxygens (including phenoxy) is 1. The van der Waals surface area contributed by atoms with E-state index in [-0.39, 0.29) is 23.4 Å². The van der Waals surface area contributed by atoms with Crippen LogP contribution < -0.4 is 19.7 Å². The van der Waals surface area contributed by atoms with Crippen LogP contribution in [-0.4, -0.2) is 45.8 Å². The maximum absolute atomic E-state index is 13.1. The Morgan fingerprint density at radius 3 is 2.71 bits per heavy atom. The van der Waals surface area contributed by atoms with Gasteiger partial charge < -0.3 is 15.0 Å². The summed E-state index contributed by atoms with van der Waals surface area (Å²) in [5.74, 6) is 0.409. The molecule has 1 saturated carbocycles. The van der Waals surface area contributed by atoms with E-state index in [1.165, 1.54) is 19.2 Å². The van der Waals surface area contributed by atoms with Gasteiger partial charge in [0.15, 0.2) is 0 Å². The van der Waals surface area contributed by atoms with Gasteiger partial charge in [-0.15, -0.1) is 11.8 Å². The SMILES string of the molecule is COc1ccc(S(=O)(=O)NC2CC2)cc1NCC(=O)N1CC[C@H](C)Sc2ccccc21. The molecule has 1 aliphatic carbocycles. The van der Waals surface area contributed by atoms with Crippen LogP contribution in [0.4, 0.5) is 11.4 Å². The van der Waals surface area contributed by atoms with Crippen LogP contribution in [0.3, 0.4) is 0 Å². The third-order valence-corrected chi connectivity index (χ3v) is 8.11. The highest BCUT2D eigenvalue weighted by molar-refractivity contribution is 8.00. The van der Waals surface area contributed by atoms with Crippen LogP contribution in [0.2, 0.25) is 0 Å². The fraction of sp³-hybridized carbons (Fsp3) is 0.409. The Bertz CT molecular complexity index is 1070. The molecule has 0 aromatic heterocycles. The summed E-state index contributed by atoms with van der Waals surface area (Å²) < 4.78 is 33.2. The third kappa shape index (κ3) is 5.16. The van der Waals surface area contributed by atoms with Crippen molar-refractivity contribution in [2.45, 2.75) is 47.3 Å². The Morgan fingerprint density at radius 1 is 1.19 bits per heavy atom. The number of rotatable bonds is 7. The molecule has 0 spiro atoms. The van der Waals surface area contributed by atoms with Gasteiger partial charge in [0.1, 0.15) is 5.75 Å². The molecule has 2 aliphatic rings. The Balaban J connectivity index is 1.52. The third-order valence-electron chi connectivity index (χ3n) is 5.35. The van der Waals surface area contributed by atoms with Crippen molar-refractivity contribution < 1.29 is 17.9 Å². The topological polar surface area (TPSA) is 87.7 Å². The molecule has 9 heteroatoms. The second-order valence-corrected chi connectivity index (χ2v) is 11.0. The highest BCUT2D eigenvalue weighted by Crippen LogP contribution is 2.37. The Hall–Kier alpha value is -2.23. The molecule has 1 atom stereocenters. The van der Waals surface area contributed by atoms with Gasteiger partial charge in [-0.1, -0.05) is 19.1 Å². The van der Waals surface area contributed by atoms with Crippen molar-refractivity contribution in [1.29, 1.82) is 0 Å². The molecule has 2 aromatic rings. The summed E-state index contributed by atoms with van der Waals surface area (Å²) >= 11 is 1.78. The minimum Gasteiger partial charge on any atom is -0.495 e. The van der Waals surface area contributed by atoms with Gasteiger partial charge in [-0.3, -0.25) is 4.79 Å². The number of hydrogen-bond donors (Lipinski definition) is 2. The van der Waals surface area contributed by atoms with Crippen LogP contribution in [0.25, 0.3) is 0 Å². The van der Waals surface area contributed by atoms with Crippen LogP contribution in [0.5, 0.6) is 5.75 Å². The Kier molecular flexibility index (Phi) is 6.45. The zero-order chi connectivity index (χ0) is 22.0. The summed E-state index contributed by atoms with van der Waals surface area (Å²) in [7, 11) is -2.08. The lowest BCUT2D eigenvalue weighted by Crippen LogP contribution is -2.36. The number of nitrogens with one attached hydrogen (secondary N) is 2. The first kappa shape index (κ1) is 22.0. The summed E-state index contributed by atoms with van der Waals surface area (Å²) in [6.07, 6.45) is 2.63. The number of anilines is 2. The normalized spacial score (nSPS) is 18.8. The van der Waals surface area contributed by atoms with Crippen molar-refractivity contribution >= 4 is 39.1 Å². The van der Waals surface area contributed by atoms with Gasteiger partial charge in [0.05, 0.1) is 29.9 Å². The van der Waals surface area contributed by atoms with E-state index in [0.29, 0.717) is 23.2 Å². The van der Waals surface area contributed by atoms with Crippen LogP contribution in [0.15, 0.2) is 52.3 Å². The number of methoxy groups -OCH3 is 1. The van der Waals surface area contributed by atoms with E-state index in [1.807, 2.05) is 24.3 Å².